The van der Waals surface area contributed by atoms with E-state index in [9.17, 15) is 13.2 Å². The van der Waals surface area contributed by atoms with Crippen LogP contribution in [-0.2, 0) is 27.7 Å². The molecule has 0 fully saturated rings. The van der Waals surface area contributed by atoms with Crippen molar-refractivity contribution in [3.8, 4) is 0 Å². The van der Waals surface area contributed by atoms with Crippen LogP contribution < -0.4 is 4.72 Å². The Morgan fingerprint density at radius 3 is 2.81 bits per heavy atom. The van der Waals surface area contributed by atoms with Crippen LogP contribution in [0, 0.1) is 0 Å². The molecule has 1 N–H and O–H groups in total. The van der Waals surface area contributed by atoms with Crippen molar-refractivity contribution in [3.05, 3.63) is 66.2 Å². The zero-order valence-corrected chi connectivity index (χ0v) is 15.1. The van der Waals surface area contributed by atoms with E-state index in [1.54, 1.807) is 30.0 Å². The van der Waals surface area contributed by atoms with Crippen molar-refractivity contribution in [2.75, 3.05) is 11.3 Å². The van der Waals surface area contributed by atoms with Gasteiger partial charge in [-0.05, 0) is 48.7 Å². The van der Waals surface area contributed by atoms with Crippen LogP contribution in [-0.4, -0.2) is 30.9 Å². The topological polar surface area (TPSA) is 88.6 Å². The van der Waals surface area contributed by atoms with Crippen molar-refractivity contribution in [1.82, 2.24) is 9.88 Å². The molecule has 0 unspecified atom stereocenters. The molecule has 0 atom stereocenters. The number of rotatable bonds is 4. The van der Waals surface area contributed by atoms with Crippen molar-refractivity contribution >= 4 is 21.8 Å². The molecule has 1 aliphatic rings. The van der Waals surface area contributed by atoms with Gasteiger partial charge in [-0.2, -0.15) is 0 Å². The number of fused-ring (bicyclic) bond motifs is 1. The van der Waals surface area contributed by atoms with E-state index in [0.29, 0.717) is 31.0 Å². The van der Waals surface area contributed by atoms with Crippen LogP contribution in [0.25, 0.3) is 0 Å². The molecular weight excluding hydrogens is 354 g/mol. The number of ether oxygens (including phenoxy) is 1. The Morgan fingerprint density at radius 1 is 1.31 bits per heavy atom. The second-order valence-corrected chi connectivity index (χ2v) is 7.70. The normalized spacial score (nSPS) is 13.7. The molecule has 0 bridgehead atoms. The lowest BCUT2D eigenvalue weighted by molar-refractivity contribution is 0.124. The fourth-order valence-corrected chi connectivity index (χ4v) is 3.72. The number of nitrogens with zero attached hydrogens (tertiary/aromatic N) is 2. The van der Waals surface area contributed by atoms with E-state index >= 15 is 0 Å². The van der Waals surface area contributed by atoms with Gasteiger partial charge in [0, 0.05) is 31.2 Å². The second-order valence-electron chi connectivity index (χ2n) is 6.02. The molecule has 7 nitrogen and oxygen atoms in total. The molecule has 3 rings (SSSR count). The maximum atomic E-state index is 12.4. The number of hydrogen-bond donors (Lipinski definition) is 1. The highest BCUT2D eigenvalue weighted by atomic mass is 32.2. The highest BCUT2D eigenvalue weighted by molar-refractivity contribution is 7.92. The molecule has 0 saturated heterocycles. The van der Waals surface area contributed by atoms with E-state index in [-0.39, 0.29) is 4.90 Å². The van der Waals surface area contributed by atoms with E-state index < -0.39 is 16.1 Å². The third kappa shape index (κ3) is 4.02. The summed E-state index contributed by atoms with van der Waals surface area (Å²) in [5.41, 5.74) is 2.43. The molecule has 0 radical (unpaired) electrons. The van der Waals surface area contributed by atoms with Gasteiger partial charge in [0.05, 0.1) is 5.76 Å². The number of sulfonamides is 1. The Kier molecular flexibility index (Phi) is 4.94. The first-order chi connectivity index (χ1) is 12.3. The predicted octanol–water partition coefficient (Wildman–Crippen LogP) is 2.91. The van der Waals surface area contributed by atoms with Crippen molar-refractivity contribution in [2.24, 2.45) is 0 Å². The molecule has 26 heavy (non-hydrogen) atoms. The van der Waals surface area contributed by atoms with E-state index in [4.69, 9.17) is 4.74 Å². The lowest BCUT2D eigenvalue weighted by atomic mass is 9.99. The number of carbonyl (C=O) groups is 1. The summed E-state index contributed by atoms with van der Waals surface area (Å²) in [6, 6.07) is 8.35. The number of anilines is 1. The number of amides is 1. The van der Waals surface area contributed by atoms with Crippen LogP contribution in [0.4, 0.5) is 10.5 Å². The van der Waals surface area contributed by atoms with Gasteiger partial charge in [0.15, 0.2) is 0 Å². The van der Waals surface area contributed by atoms with E-state index in [2.05, 4.69) is 16.3 Å². The Balaban J connectivity index is 1.75. The molecule has 136 valence electrons. The number of carbonyl (C=O) groups excluding carboxylic acids is 1. The van der Waals surface area contributed by atoms with Crippen LogP contribution >= 0.6 is 0 Å². The van der Waals surface area contributed by atoms with Crippen LogP contribution in [0.1, 0.15) is 18.1 Å². The molecule has 0 aliphatic carbocycles. The highest BCUT2D eigenvalue weighted by Crippen LogP contribution is 2.25. The largest absolute Gasteiger partial charge is 0.416 e. The number of nitrogens with one attached hydrogen (secondary N) is 1. The minimum atomic E-state index is -3.68. The van der Waals surface area contributed by atoms with Gasteiger partial charge in [-0.25, -0.2) is 13.2 Å². The van der Waals surface area contributed by atoms with Gasteiger partial charge in [-0.15, -0.1) is 0 Å². The fourth-order valence-electron chi connectivity index (χ4n) is 2.71. The number of benzene rings is 1. The molecular formula is C18H19N3O4S. The maximum Gasteiger partial charge on any atom is 0.415 e. The number of pyridine rings is 1. The van der Waals surface area contributed by atoms with Gasteiger partial charge in [-0.1, -0.05) is 12.6 Å². The monoisotopic (exact) mass is 373 g/mol. The predicted molar refractivity (Wildman–Crippen MR) is 96.9 cm³/mol. The number of allylic oxidation sites excluding steroid dienone is 1. The highest BCUT2D eigenvalue weighted by Gasteiger charge is 2.23. The Labute approximate surface area is 152 Å². The smallest absolute Gasteiger partial charge is 0.415 e. The lowest BCUT2D eigenvalue weighted by Crippen LogP contribution is -2.36. The summed E-state index contributed by atoms with van der Waals surface area (Å²) < 4.78 is 32.4. The summed E-state index contributed by atoms with van der Waals surface area (Å²) in [7, 11) is -3.68. The Morgan fingerprint density at radius 2 is 2.12 bits per heavy atom. The van der Waals surface area contributed by atoms with E-state index in [1.807, 2.05) is 6.07 Å². The minimum absolute atomic E-state index is 0.103. The van der Waals surface area contributed by atoms with Gasteiger partial charge in [0.25, 0.3) is 10.0 Å². The molecule has 1 aliphatic heterocycles. The van der Waals surface area contributed by atoms with Crippen LogP contribution in [0.3, 0.4) is 0 Å². The molecule has 0 spiro atoms. The van der Waals surface area contributed by atoms with Crippen molar-refractivity contribution in [2.45, 2.75) is 24.8 Å². The van der Waals surface area contributed by atoms with Crippen molar-refractivity contribution in [3.63, 3.8) is 0 Å². The summed E-state index contributed by atoms with van der Waals surface area (Å²) in [5, 5.41) is 0. The fraction of sp³-hybridized carbons (Fsp3) is 0.222. The zero-order chi connectivity index (χ0) is 18.7. The van der Waals surface area contributed by atoms with Gasteiger partial charge in [-0.3, -0.25) is 9.71 Å². The second kappa shape index (κ2) is 7.17. The molecule has 2 heterocycles. The quantitative estimate of drug-likeness (QED) is 0.833. The van der Waals surface area contributed by atoms with Gasteiger partial charge < -0.3 is 9.64 Å². The summed E-state index contributed by atoms with van der Waals surface area (Å²) in [6.45, 7) is 6.10. The summed E-state index contributed by atoms with van der Waals surface area (Å²) in [5.74, 6) is 0.348. The third-order valence-corrected chi connectivity index (χ3v) is 5.30. The average Bonchev–Trinajstić information content (AvgIpc) is 2.61. The number of hydrogen-bond acceptors (Lipinski definition) is 5. The first kappa shape index (κ1) is 17.9. The Bertz CT molecular complexity index is 942. The molecule has 1 aromatic heterocycles. The van der Waals surface area contributed by atoms with Gasteiger partial charge >= 0.3 is 6.09 Å². The Hall–Kier alpha value is -2.87. The first-order valence-corrected chi connectivity index (χ1v) is 9.50. The first-order valence-electron chi connectivity index (χ1n) is 8.02. The number of aromatic nitrogens is 1. The minimum Gasteiger partial charge on any atom is -0.416 e. The van der Waals surface area contributed by atoms with Crippen LogP contribution in [0.15, 0.2) is 60.0 Å². The summed E-state index contributed by atoms with van der Waals surface area (Å²) in [4.78, 5) is 17.5. The van der Waals surface area contributed by atoms with Crippen molar-refractivity contribution < 1.29 is 17.9 Å². The SMILES string of the molecule is C=C(C)OC(=O)N1CCc2cc(NS(=O)(=O)c3cccnc3)ccc2C1. The van der Waals surface area contributed by atoms with Crippen molar-refractivity contribution in [1.29, 1.82) is 0 Å². The zero-order valence-electron chi connectivity index (χ0n) is 14.3. The van der Waals surface area contributed by atoms with Crippen LogP contribution in [0.5, 0.6) is 0 Å². The molecule has 2 aromatic rings. The van der Waals surface area contributed by atoms with E-state index in [1.165, 1.54) is 18.5 Å². The van der Waals surface area contributed by atoms with Gasteiger partial charge in [0.2, 0.25) is 0 Å². The molecule has 1 aromatic carbocycles. The van der Waals surface area contributed by atoms with Crippen LogP contribution in [0.2, 0.25) is 0 Å². The molecule has 8 heteroatoms. The van der Waals surface area contributed by atoms with Gasteiger partial charge in [0.1, 0.15) is 4.90 Å². The average molecular weight is 373 g/mol. The standard InChI is InChI=1S/C18H19N3O4S/c1-13(2)25-18(22)21-9-7-14-10-16(6-5-15(14)12-21)20-26(23,24)17-4-3-8-19-11-17/h3-6,8,10-11,20H,1,7,9,12H2,2H3. The third-order valence-electron chi connectivity index (χ3n) is 3.94. The lowest BCUT2D eigenvalue weighted by Gasteiger charge is -2.28. The molecule has 0 saturated carbocycles. The summed E-state index contributed by atoms with van der Waals surface area (Å²) >= 11 is 0. The molecule has 1 amide bonds. The summed E-state index contributed by atoms with van der Waals surface area (Å²) in [6.07, 6.45) is 3.00. The maximum absolute atomic E-state index is 12.4. The van der Waals surface area contributed by atoms with E-state index in [0.717, 1.165) is 11.1 Å².